The second kappa shape index (κ2) is 7.13. The summed E-state index contributed by atoms with van der Waals surface area (Å²) in [4.78, 5) is 12.0. The van der Waals surface area contributed by atoms with Gasteiger partial charge in [-0.1, -0.05) is 34.1 Å². The van der Waals surface area contributed by atoms with Gasteiger partial charge in [0.15, 0.2) is 0 Å². The Kier molecular flexibility index (Phi) is 5.22. The van der Waals surface area contributed by atoms with E-state index in [0.717, 1.165) is 10.0 Å². The van der Waals surface area contributed by atoms with Crippen LogP contribution < -0.4 is 15.8 Å². The zero-order chi connectivity index (χ0) is 15.2. The van der Waals surface area contributed by atoms with E-state index < -0.39 is 0 Å². The van der Waals surface area contributed by atoms with Gasteiger partial charge in [0, 0.05) is 10.0 Å². The third-order valence-corrected chi connectivity index (χ3v) is 3.85. The van der Waals surface area contributed by atoms with Gasteiger partial charge in [0.1, 0.15) is 12.4 Å². The number of para-hydroxylation sites is 2. The summed E-state index contributed by atoms with van der Waals surface area (Å²) in [6.07, 6.45) is 0. The highest BCUT2D eigenvalue weighted by Crippen LogP contribution is 2.19. The third kappa shape index (κ3) is 4.23. The normalized spacial score (nSPS) is 10.2. The van der Waals surface area contributed by atoms with Crippen LogP contribution in [0, 0.1) is 6.92 Å². The number of carbonyl (C=O) groups is 1. The van der Waals surface area contributed by atoms with E-state index in [4.69, 9.17) is 10.5 Å². The minimum absolute atomic E-state index is 0.125. The molecule has 4 nitrogen and oxygen atoms in total. The Morgan fingerprint density at radius 3 is 2.76 bits per heavy atom. The largest absolute Gasteiger partial charge is 0.490 e. The van der Waals surface area contributed by atoms with Crippen molar-refractivity contribution in [2.75, 3.05) is 18.9 Å². The number of carbonyl (C=O) groups excluding carboxylic acids is 1. The second-order valence-electron chi connectivity index (χ2n) is 4.61. The smallest absolute Gasteiger partial charge is 0.251 e. The van der Waals surface area contributed by atoms with Gasteiger partial charge >= 0.3 is 0 Å². The highest BCUT2D eigenvalue weighted by molar-refractivity contribution is 9.10. The summed E-state index contributed by atoms with van der Waals surface area (Å²) in [5.41, 5.74) is 8.07. The van der Waals surface area contributed by atoms with Crippen LogP contribution >= 0.6 is 15.9 Å². The number of aryl methyl sites for hydroxylation is 1. The molecule has 0 spiro atoms. The first-order valence-corrected chi connectivity index (χ1v) is 7.39. The average molecular weight is 349 g/mol. The van der Waals surface area contributed by atoms with Crippen molar-refractivity contribution < 1.29 is 9.53 Å². The summed E-state index contributed by atoms with van der Waals surface area (Å²) in [6, 6.07) is 12.8. The summed E-state index contributed by atoms with van der Waals surface area (Å²) in [7, 11) is 0. The lowest BCUT2D eigenvalue weighted by Crippen LogP contribution is -2.28. The summed E-state index contributed by atoms with van der Waals surface area (Å²) in [6.45, 7) is 2.76. The van der Waals surface area contributed by atoms with Crippen molar-refractivity contribution in [1.29, 1.82) is 0 Å². The molecule has 0 saturated carbocycles. The van der Waals surface area contributed by atoms with Gasteiger partial charge in [-0.3, -0.25) is 4.79 Å². The maximum absolute atomic E-state index is 12.0. The Balaban J connectivity index is 1.82. The Bertz CT molecular complexity index is 644. The van der Waals surface area contributed by atoms with E-state index in [2.05, 4.69) is 21.2 Å². The van der Waals surface area contributed by atoms with Gasteiger partial charge in [-0.05, 0) is 36.8 Å². The predicted octanol–water partition coefficient (Wildman–Crippen LogP) is 3.15. The lowest BCUT2D eigenvalue weighted by molar-refractivity contribution is 0.0947. The molecule has 0 bridgehead atoms. The molecule has 0 aliphatic heterocycles. The number of nitrogen functional groups attached to an aromatic ring is 1. The highest BCUT2D eigenvalue weighted by atomic mass is 79.9. The number of hydrogen-bond donors (Lipinski definition) is 2. The highest BCUT2D eigenvalue weighted by Gasteiger charge is 2.06. The van der Waals surface area contributed by atoms with Crippen molar-refractivity contribution in [2.45, 2.75) is 6.92 Å². The maximum atomic E-state index is 12.0. The van der Waals surface area contributed by atoms with Crippen LogP contribution in [0.2, 0.25) is 0 Å². The van der Waals surface area contributed by atoms with Crippen molar-refractivity contribution in [2.24, 2.45) is 0 Å². The van der Waals surface area contributed by atoms with Gasteiger partial charge in [-0.25, -0.2) is 0 Å². The molecular formula is C16H17BrN2O2. The van der Waals surface area contributed by atoms with Crippen molar-refractivity contribution in [3.63, 3.8) is 0 Å². The SMILES string of the molecule is Cc1ccc(C(=O)NCCOc2ccccc2N)cc1Br. The molecule has 0 aromatic heterocycles. The first-order chi connectivity index (χ1) is 10.1. The average Bonchev–Trinajstić information content (AvgIpc) is 2.48. The molecule has 5 heteroatoms. The molecule has 110 valence electrons. The first kappa shape index (κ1) is 15.4. The van der Waals surface area contributed by atoms with Crippen LogP contribution in [0.1, 0.15) is 15.9 Å². The van der Waals surface area contributed by atoms with Gasteiger partial charge < -0.3 is 15.8 Å². The molecule has 3 N–H and O–H groups in total. The quantitative estimate of drug-likeness (QED) is 0.644. The maximum Gasteiger partial charge on any atom is 0.251 e. The number of hydrogen-bond acceptors (Lipinski definition) is 3. The standard InChI is InChI=1S/C16H17BrN2O2/c1-11-6-7-12(10-13(11)17)16(20)19-8-9-21-15-5-3-2-4-14(15)18/h2-7,10H,8-9,18H2,1H3,(H,19,20). The van der Waals surface area contributed by atoms with Crippen LogP contribution in [0.25, 0.3) is 0 Å². The molecule has 0 unspecified atom stereocenters. The molecule has 1 amide bonds. The summed E-state index contributed by atoms with van der Waals surface area (Å²) < 4.78 is 6.44. The Hall–Kier alpha value is -2.01. The van der Waals surface area contributed by atoms with Gasteiger partial charge in [0.2, 0.25) is 0 Å². The van der Waals surface area contributed by atoms with Crippen molar-refractivity contribution >= 4 is 27.5 Å². The van der Waals surface area contributed by atoms with Crippen LogP contribution in [-0.4, -0.2) is 19.1 Å². The minimum Gasteiger partial charge on any atom is -0.490 e. The molecule has 0 saturated heterocycles. The van der Waals surface area contributed by atoms with Crippen LogP contribution in [0.3, 0.4) is 0 Å². The van der Waals surface area contributed by atoms with Gasteiger partial charge in [-0.15, -0.1) is 0 Å². The number of halogens is 1. The molecule has 0 heterocycles. The zero-order valence-corrected chi connectivity index (χ0v) is 13.3. The lowest BCUT2D eigenvalue weighted by atomic mass is 10.1. The number of anilines is 1. The zero-order valence-electron chi connectivity index (χ0n) is 11.7. The lowest BCUT2D eigenvalue weighted by Gasteiger charge is -2.10. The minimum atomic E-state index is -0.125. The molecule has 0 fully saturated rings. The molecule has 0 atom stereocenters. The second-order valence-corrected chi connectivity index (χ2v) is 5.46. The summed E-state index contributed by atoms with van der Waals surface area (Å²) in [5.74, 6) is 0.505. The van der Waals surface area contributed by atoms with Gasteiger partial charge in [-0.2, -0.15) is 0 Å². The molecule has 2 aromatic carbocycles. The van der Waals surface area contributed by atoms with E-state index in [-0.39, 0.29) is 5.91 Å². The molecule has 0 radical (unpaired) electrons. The molecule has 0 aliphatic carbocycles. The van der Waals surface area contributed by atoms with E-state index in [9.17, 15) is 4.79 Å². The third-order valence-electron chi connectivity index (χ3n) is 3.00. The van der Waals surface area contributed by atoms with E-state index >= 15 is 0 Å². The Labute approximate surface area is 132 Å². The number of nitrogens with one attached hydrogen (secondary N) is 1. The van der Waals surface area contributed by atoms with Crippen LogP contribution in [0.15, 0.2) is 46.9 Å². The molecule has 2 aromatic rings. The van der Waals surface area contributed by atoms with Crippen molar-refractivity contribution in [3.8, 4) is 5.75 Å². The molecule has 2 rings (SSSR count). The summed E-state index contributed by atoms with van der Waals surface area (Å²) >= 11 is 3.42. The number of nitrogens with two attached hydrogens (primary N) is 1. The van der Waals surface area contributed by atoms with Gasteiger partial charge in [0.25, 0.3) is 5.91 Å². The van der Waals surface area contributed by atoms with Crippen molar-refractivity contribution in [1.82, 2.24) is 5.32 Å². The van der Waals surface area contributed by atoms with Crippen molar-refractivity contribution in [3.05, 3.63) is 58.1 Å². The first-order valence-electron chi connectivity index (χ1n) is 6.59. The Morgan fingerprint density at radius 1 is 1.29 bits per heavy atom. The van der Waals surface area contributed by atoms with E-state index in [0.29, 0.717) is 30.2 Å². The molecule has 0 aliphatic rings. The summed E-state index contributed by atoms with van der Waals surface area (Å²) in [5, 5.41) is 2.81. The number of rotatable bonds is 5. The Morgan fingerprint density at radius 2 is 2.05 bits per heavy atom. The van der Waals surface area contributed by atoms with Crippen LogP contribution in [0.4, 0.5) is 5.69 Å². The number of benzene rings is 2. The molecule has 21 heavy (non-hydrogen) atoms. The number of ether oxygens (including phenoxy) is 1. The van der Waals surface area contributed by atoms with E-state index in [1.165, 1.54) is 0 Å². The van der Waals surface area contributed by atoms with E-state index in [1.54, 1.807) is 24.3 Å². The fraction of sp³-hybridized carbons (Fsp3) is 0.188. The fourth-order valence-corrected chi connectivity index (χ4v) is 2.15. The monoisotopic (exact) mass is 348 g/mol. The van der Waals surface area contributed by atoms with Crippen LogP contribution in [-0.2, 0) is 0 Å². The van der Waals surface area contributed by atoms with Crippen LogP contribution in [0.5, 0.6) is 5.75 Å². The van der Waals surface area contributed by atoms with E-state index in [1.807, 2.05) is 25.1 Å². The number of amides is 1. The molecular weight excluding hydrogens is 332 g/mol. The fourth-order valence-electron chi connectivity index (χ4n) is 1.77. The predicted molar refractivity (Wildman–Crippen MR) is 87.6 cm³/mol. The topological polar surface area (TPSA) is 64.3 Å². The van der Waals surface area contributed by atoms with Gasteiger partial charge in [0.05, 0.1) is 12.2 Å².